The molecule has 112 valence electrons. The Labute approximate surface area is 118 Å². The molecule has 3 atom stereocenters. The van der Waals surface area contributed by atoms with Gasteiger partial charge in [-0.3, -0.25) is 0 Å². The third-order valence-corrected chi connectivity index (χ3v) is 5.47. The third kappa shape index (κ3) is 3.50. The Morgan fingerprint density at radius 2 is 2.11 bits per heavy atom. The van der Waals surface area contributed by atoms with Gasteiger partial charge in [0.15, 0.2) is 0 Å². The number of piperidine rings is 1. The van der Waals surface area contributed by atoms with E-state index in [2.05, 4.69) is 24.1 Å². The Hall–Kier alpha value is -0.120. The van der Waals surface area contributed by atoms with E-state index in [4.69, 9.17) is 0 Å². The standard InChI is InChI=1S/C16H32N2O/c1-3-17-16(13-19)10-6-8-15(16)9-12-18-11-5-4-7-14(18)2/h14-15,17,19H,3-13H2,1-2H3. The maximum atomic E-state index is 9.83. The fourth-order valence-electron chi connectivity index (χ4n) is 4.23. The lowest BCUT2D eigenvalue weighted by Gasteiger charge is -2.38. The van der Waals surface area contributed by atoms with Crippen molar-refractivity contribution in [2.45, 2.75) is 70.4 Å². The Balaban J connectivity index is 1.86. The van der Waals surface area contributed by atoms with Crippen LogP contribution in [-0.2, 0) is 0 Å². The van der Waals surface area contributed by atoms with Gasteiger partial charge in [-0.2, -0.15) is 0 Å². The van der Waals surface area contributed by atoms with Crippen LogP contribution < -0.4 is 5.32 Å². The minimum absolute atomic E-state index is 0.0216. The van der Waals surface area contributed by atoms with Gasteiger partial charge in [-0.25, -0.2) is 0 Å². The highest BCUT2D eigenvalue weighted by molar-refractivity contribution is 4.99. The molecule has 3 nitrogen and oxygen atoms in total. The molecule has 1 saturated carbocycles. The zero-order valence-corrected chi connectivity index (χ0v) is 12.8. The number of aliphatic hydroxyl groups excluding tert-OH is 1. The quantitative estimate of drug-likeness (QED) is 0.776. The summed E-state index contributed by atoms with van der Waals surface area (Å²) in [7, 11) is 0. The minimum atomic E-state index is 0.0216. The van der Waals surface area contributed by atoms with Crippen LogP contribution in [0.4, 0.5) is 0 Å². The number of hydrogen-bond acceptors (Lipinski definition) is 3. The van der Waals surface area contributed by atoms with E-state index < -0.39 is 0 Å². The van der Waals surface area contributed by atoms with Crippen LogP contribution in [-0.4, -0.2) is 47.8 Å². The molecule has 0 bridgehead atoms. The summed E-state index contributed by atoms with van der Waals surface area (Å²) in [4.78, 5) is 2.66. The lowest BCUT2D eigenvalue weighted by atomic mass is 9.84. The van der Waals surface area contributed by atoms with Gasteiger partial charge >= 0.3 is 0 Å². The number of nitrogens with zero attached hydrogens (tertiary/aromatic N) is 1. The van der Waals surface area contributed by atoms with Gasteiger partial charge in [-0.1, -0.05) is 19.8 Å². The second-order valence-electron chi connectivity index (χ2n) is 6.60. The summed E-state index contributed by atoms with van der Waals surface area (Å²) >= 11 is 0. The number of nitrogens with one attached hydrogen (secondary N) is 1. The van der Waals surface area contributed by atoms with Crippen molar-refractivity contribution in [1.82, 2.24) is 10.2 Å². The van der Waals surface area contributed by atoms with Gasteiger partial charge < -0.3 is 15.3 Å². The highest BCUT2D eigenvalue weighted by atomic mass is 16.3. The van der Waals surface area contributed by atoms with Crippen molar-refractivity contribution in [3.63, 3.8) is 0 Å². The minimum Gasteiger partial charge on any atom is -0.394 e. The van der Waals surface area contributed by atoms with Gasteiger partial charge in [0.1, 0.15) is 0 Å². The normalized spacial score (nSPS) is 36.8. The van der Waals surface area contributed by atoms with Crippen molar-refractivity contribution >= 4 is 0 Å². The highest BCUT2D eigenvalue weighted by Crippen LogP contribution is 2.38. The molecule has 1 aliphatic heterocycles. The van der Waals surface area contributed by atoms with Crippen LogP contribution in [0.15, 0.2) is 0 Å². The third-order valence-electron chi connectivity index (χ3n) is 5.47. The van der Waals surface area contributed by atoms with Crippen molar-refractivity contribution in [2.24, 2.45) is 5.92 Å². The van der Waals surface area contributed by atoms with E-state index in [9.17, 15) is 5.11 Å². The molecule has 0 radical (unpaired) electrons. The first kappa shape index (κ1) is 15.3. The molecule has 0 spiro atoms. The van der Waals surface area contributed by atoms with Crippen molar-refractivity contribution < 1.29 is 5.11 Å². The summed E-state index contributed by atoms with van der Waals surface area (Å²) < 4.78 is 0. The first-order valence-corrected chi connectivity index (χ1v) is 8.32. The Bertz CT molecular complexity index is 271. The van der Waals surface area contributed by atoms with Crippen molar-refractivity contribution in [3.05, 3.63) is 0 Å². The van der Waals surface area contributed by atoms with Crippen molar-refractivity contribution in [1.29, 1.82) is 0 Å². The average molecular weight is 268 g/mol. The van der Waals surface area contributed by atoms with Crippen LogP contribution in [0.5, 0.6) is 0 Å². The summed E-state index contributed by atoms with van der Waals surface area (Å²) in [5.41, 5.74) is 0.0216. The molecular weight excluding hydrogens is 236 g/mol. The molecule has 0 aromatic heterocycles. The predicted octanol–water partition coefficient (Wildman–Crippen LogP) is 2.39. The molecule has 1 heterocycles. The van der Waals surface area contributed by atoms with E-state index >= 15 is 0 Å². The van der Waals surface area contributed by atoms with Gasteiger partial charge in [0.2, 0.25) is 0 Å². The summed E-state index contributed by atoms with van der Waals surface area (Å²) in [6.07, 6.45) is 9.09. The molecular formula is C16H32N2O. The van der Waals surface area contributed by atoms with Gasteiger partial charge in [0.05, 0.1) is 6.61 Å². The van der Waals surface area contributed by atoms with E-state index in [-0.39, 0.29) is 5.54 Å². The Kier molecular flexibility index (Phi) is 5.67. The fourth-order valence-corrected chi connectivity index (χ4v) is 4.23. The first-order valence-electron chi connectivity index (χ1n) is 8.32. The second-order valence-corrected chi connectivity index (χ2v) is 6.60. The Morgan fingerprint density at radius 1 is 1.26 bits per heavy atom. The fraction of sp³-hybridized carbons (Fsp3) is 1.00. The zero-order valence-electron chi connectivity index (χ0n) is 12.8. The summed E-state index contributed by atoms with van der Waals surface area (Å²) in [6, 6.07) is 0.762. The van der Waals surface area contributed by atoms with Crippen LogP contribution in [0.2, 0.25) is 0 Å². The average Bonchev–Trinajstić information content (AvgIpc) is 2.82. The molecule has 2 N–H and O–H groups in total. The zero-order chi connectivity index (χ0) is 13.7. The molecule has 1 saturated heterocycles. The van der Waals surface area contributed by atoms with Crippen LogP contribution in [0.3, 0.4) is 0 Å². The number of rotatable bonds is 6. The lowest BCUT2D eigenvalue weighted by molar-refractivity contribution is 0.0988. The highest BCUT2D eigenvalue weighted by Gasteiger charge is 2.41. The molecule has 19 heavy (non-hydrogen) atoms. The van der Waals surface area contributed by atoms with Gasteiger partial charge in [0.25, 0.3) is 0 Å². The maximum absolute atomic E-state index is 9.83. The van der Waals surface area contributed by atoms with E-state index in [0.717, 1.165) is 19.0 Å². The summed E-state index contributed by atoms with van der Waals surface area (Å²) in [5, 5.41) is 13.4. The molecule has 3 heteroatoms. The van der Waals surface area contributed by atoms with E-state index in [0.29, 0.717) is 12.5 Å². The van der Waals surface area contributed by atoms with Gasteiger partial charge in [0, 0.05) is 11.6 Å². The largest absolute Gasteiger partial charge is 0.394 e. The van der Waals surface area contributed by atoms with Crippen LogP contribution in [0.25, 0.3) is 0 Å². The van der Waals surface area contributed by atoms with Crippen LogP contribution >= 0.6 is 0 Å². The van der Waals surface area contributed by atoms with Crippen LogP contribution in [0.1, 0.15) is 58.8 Å². The molecule has 3 unspecified atom stereocenters. The molecule has 0 aromatic carbocycles. The smallest absolute Gasteiger partial charge is 0.0616 e. The molecule has 0 amide bonds. The summed E-state index contributed by atoms with van der Waals surface area (Å²) in [5.74, 6) is 0.659. The first-order chi connectivity index (χ1) is 9.22. The van der Waals surface area contributed by atoms with Gasteiger partial charge in [-0.05, 0) is 64.6 Å². The number of likely N-dealkylation sites (N-methyl/N-ethyl adjacent to an activating group) is 1. The molecule has 0 aromatic rings. The van der Waals surface area contributed by atoms with Crippen molar-refractivity contribution in [2.75, 3.05) is 26.2 Å². The number of aliphatic hydroxyl groups is 1. The predicted molar refractivity (Wildman–Crippen MR) is 80.3 cm³/mol. The van der Waals surface area contributed by atoms with Crippen molar-refractivity contribution in [3.8, 4) is 0 Å². The van der Waals surface area contributed by atoms with E-state index in [1.807, 2.05) is 0 Å². The summed E-state index contributed by atoms with van der Waals surface area (Å²) in [6.45, 7) is 8.30. The monoisotopic (exact) mass is 268 g/mol. The number of hydrogen-bond donors (Lipinski definition) is 2. The number of likely N-dealkylation sites (tertiary alicyclic amines) is 1. The molecule has 2 rings (SSSR count). The lowest BCUT2D eigenvalue weighted by Crippen LogP contribution is -2.52. The maximum Gasteiger partial charge on any atom is 0.0616 e. The molecule has 2 fully saturated rings. The topological polar surface area (TPSA) is 35.5 Å². The SMILES string of the molecule is CCNC1(CO)CCCC1CCN1CCCCC1C. The van der Waals surface area contributed by atoms with E-state index in [1.54, 1.807) is 0 Å². The van der Waals surface area contributed by atoms with E-state index in [1.165, 1.54) is 51.6 Å². The second kappa shape index (κ2) is 7.05. The molecule has 2 aliphatic rings. The van der Waals surface area contributed by atoms with Gasteiger partial charge in [-0.15, -0.1) is 0 Å². The molecule has 1 aliphatic carbocycles. The Morgan fingerprint density at radius 3 is 2.79 bits per heavy atom. The van der Waals surface area contributed by atoms with Crippen LogP contribution in [0, 0.1) is 5.92 Å².